The van der Waals surface area contributed by atoms with Crippen LogP contribution < -0.4 is 5.32 Å². The summed E-state index contributed by atoms with van der Waals surface area (Å²) in [5.41, 5.74) is 0.853. The summed E-state index contributed by atoms with van der Waals surface area (Å²) >= 11 is 1.41. The summed E-state index contributed by atoms with van der Waals surface area (Å²) in [7, 11) is 0. The SMILES string of the molecule is O=C(O)OC1=C(CSc2ncn[nH]2)C2CCN[C@@H]3C(=O)N1[C@H]23. The van der Waals surface area contributed by atoms with E-state index in [2.05, 4.69) is 20.5 Å². The second-order valence-corrected chi connectivity index (χ2v) is 6.27. The van der Waals surface area contributed by atoms with Gasteiger partial charge >= 0.3 is 6.16 Å². The highest BCUT2D eigenvalue weighted by Gasteiger charge is 2.60. The van der Waals surface area contributed by atoms with Crippen LogP contribution in [-0.4, -0.2) is 61.6 Å². The highest BCUT2D eigenvalue weighted by atomic mass is 32.2. The third-order valence-corrected chi connectivity index (χ3v) is 5.18. The largest absolute Gasteiger partial charge is 0.512 e. The Balaban J connectivity index is 1.63. The molecule has 2 saturated heterocycles. The zero-order chi connectivity index (χ0) is 15.3. The Morgan fingerprint density at radius 2 is 2.45 bits per heavy atom. The van der Waals surface area contributed by atoms with Crippen LogP contribution in [0.3, 0.4) is 0 Å². The summed E-state index contributed by atoms with van der Waals surface area (Å²) in [6, 6.07) is -0.250. The minimum absolute atomic E-state index is 0.0269. The van der Waals surface area contributed by atoms with E-state index < -0.39 is 6.16 Å². The van der Waals surface area contributed by atoms with Crippen LogP contribution in [0.1, 0.15) is 6.42 Å². The van der Waals surface area contributed by atoms with Gasteiger partial charge in [-0.05, 0) is 13.0 Å². The number of H-pyrrole nitrogens is 1. The molecule has 2 fully saturated rings. The Morgan fingerprint density at radius 3 is 3.18 bits per heavy atom. The molecule has 0 aromatic carbocycles. The van der Waals surface area contributed by atoms with Crippen LogP contribution in [0.2, 0.25) is 0 Å². The lowest BCUT2D eigenvalue weighted by Gasteiger charge is -2.48. The Bertz CT molecular complexity index is 660. The van der Waals surface area contributed by atoms with Gasteiger partial charge in [-0.3, -0.25) is 14.8 Å². The molecule has 0 radical (unpaired) electrons. The summed E-state index contributed by atoms with van der Waals surface area (Å²) < 4.78 is 4.92. The molecule has 0 spiro atoms. The first-order valence-corrected chi connectivity index (χ1v) is 7.84. The first-order valence-electron chi connectivity index (χ1n) is 6.85. The number of aromatic amines is 1. The smallest absolute Gasteiger partial charge is 0.449 e. The second kappa shape index (κ2) is 4.99. The molecule has 10 heteroatoms. The van der Waals surface area contributed by atoms with E-state index >= 15 is 0 Å². The lowest BCUT2D eigenvalue weighted by molar-refractivity contribution is -0.152. The van der Waals surface area contributed by atoms with Crippen LogP contribution in [0.5, 0.6) is 0 Å². The van der Waals surface area contributed by atoms with E-state index in [9.17, 15) is 9.59 Å². The number of hydrogen-bond donors (Lipinski definition) is 3. The maximum absolute atomic E-state index is 12.1. The number of amides is 1. The van der Waals surface area contributed by atoms with Crippen molar-refractivity contribution in [3.63, 3.8) is 0 Å². The zero-order valence-electron chi connectivity index (χ0n) is 11.4. The molecule has 1 aromatic heterocycles. The van der Waals surface area contributed by atoms with Crippen molar-refractivity contribution in [2.45, 2.75) is 23.7 Å². The number of thioether (sulfide) groups is 1. The monoisotopic (exact) mass is 323 g/mol. The van der Waals surface area contributed by atoms with E-state index in [4.69, 9.17) is 9.84 Å². The number of nitrogens with one attached hydrogen (secondary N) is 2. The molecule has 3 aliphatic heterocycles. The number of nitrogens with zero attached hydrogens (tertiary/aromatic N) is 3. The fourth-order valence-corrected chi connectivity index (χ4v) is 4.27. The average molecular weight is 323 g/mol. The van der Waals surface area contributed by atoms with Gasteiger partial charge in [-0.15, -0.1) is 0 Å². The van der Waals surface area contributed by atoms with E-state index in [0.717, 1.165) is 18.5 Å². The predicted molar refractivity (Wildman–Crippen MR) is 73.8 cm³/mol. The molecule has 116 valence electrons. The maximum Gasteiger partial charge on any atom is 0.512 e. The molecule has 0 bridgehead atoms. The van der Waals surface area contributed by atoms with Gasteiger partial charge in [0, 0.05) is 17.2 Å². The normalized spacial score (nSPS) is 29.4. The van der Waals surface area contributed by atoms with Gasteiger partial charge < -0.3 is 15.2 Å². The molecule has 1 amide bonds. The van der Waals surface area contributed by atoms with Gasteiger partial charge in [-0.1, -0.05) is 11.8 Å². The van der Waals surface area contributed by atoms with Gasteiger partial charge in [0.15, 0.2) is 5.16 Å². The number of carboxylic acid groups (broad SMARTS) is 1. The Kier molecular flexibility index (Phi) is 3.08. The van der Waals surface area contributed by atoms with Gasteiger partial charge in [0.1, 0.15) is 12.4 Å². The number of β-lactam (4-membered cyclic amide) rings is 1. The standard InChI is InChI=1S/C12H13N5O4S/c18-9-7-8-5(1-2-13-7)6(3-22-11-14-4-15-16-11)10(17(8)9)21-12(19)20/h4-5,7-8,13H,1-3H2,(H,19,20)(H,14,15,16)/t5?,7-,8+/m0/s1. The van der Waals surface area contributed by atoms with E-state index in [1.807, 2.05) is 0 Å². The molecule has 0 aliphatic carbocycles. The highest BCUT2D eigenvalue weighted by Crippen LogP contribution is 2.47. The molecule has 1 aromatic rings. The van der Waals surface area contributed by atoms with Crippen LogP contribution in [0, 0.1) is 5.92 Å². The highest BCUT2D eigenvalue weighted by molar-refractivity contribution is 7.99. The van der Waals surface area contributed by atoms with Crippen LogP contribution in [0.15, 0.2) is 22.9 Å². The molecular formula is C12H13N5O4S. The van der Waals surface area contributed by atoms with Crippen molar-refractivity contribution in [3.8, 4) is 0 Å². The van der Waals surface area contributed by atoms with Crippen molar-refractivity contribution < 1.29 is 19.4 Å². The third kappa shape index (κ3) is 1.91. The van der Waals surface area contributed by atoms with Gasteiger partial charge in [0.2, 0.25) is 11.8 Å². The molecule has 4 heterocycles. The van der Waals surface area contributed by atoms with Crippen molar-refractivity contribution in [3.05, 3.63) is 17.8 Å². The third-order valence-electron chi connectivity index (χ3n) is 4.26. The molecule has 4 rings (SSSR count). The van der Waals surface area contributed by atoms with Crippen molar-refractivity contribution in [2.75, 3.05) is 12.3 Å². The minimum Gasteiger partial charge on any atom is -0.449 e. The zero-order valence-corrected chi connectivity index (χ0v) is 12.2. The van der Waals surface area contributed by atoms with E-state index in [1.165, 1.54) is 23.0 Å². The lowest BCUT2D eigenvalue weighted by atomic mass is 9.80. The van der Waals surface area contributed by atoms with Crippen molar-refractivity contribution in [1.82, 2.24) is 25.4 Å². The van der Waals surface area contributed by atoms with Gasteiger partial charge in [-0.2, -0.15) is 5.10 Å². The number of piperidine rings is 1. The molecular weight excluding hydrogens is 310 g/mol. The molecule has 3 N–H and O–H groups in total. The molecule has 22 heavy (non-hydrogen) atoms. The average Bonchev–Trinajstić information content (AvgIpc) is 3.08. The second-order valence-electron chi connectivity index (χ2n) is 5.30. The molecule has 9 nitrogen and oxygen atoms in total. The first kappa shape index (κ1) is 13.6. The van der Waals surface area contributed by atoms with Crippen molar-refractivity contribution in [1.29, 1.82) is 0 Å². The predicted octanol–water partition coefficient (Wildman–Crippen LogP) is 0.00550. The van der Waals surface area contributed by atoms with Crippen LogP contribution in [0.4, 0.5) is 4.79 Å². The Morgan fingerprint density at radius 1 is 1.59 bits per heavy atom. The number of hydrogen-bond acceptors (Lipinski definition) is 7. The fraction of sp³-hybridized carbons (Fsp3) is 0.500. The van der Waals surface area contributed by atoms with E-state index in [1.54, 1.807) is 0 Å². The molecule has 1 unspecified atom stereocenters. The topological polar surface area (TPSA) is 120 Å². The van der Waals surface area contributed by atoms with Crippen LogP contribution in [-0.2, 0) is 9.53 Å². The van der Waals surface area contributed by atoms with E-state index in [0.29, 0.717) is 10.9 Å². The molecule has 0 saturated carbocycles. The minimum atomic E-state index is -1.40. The number of ether oxygens (including phenoxy) is 1. The van der Waals surface area contributed by atoms with E-state index in [-0.39, 0.29) is 29.8 Å². The fourth-order valence-electron chi connectivity index (χ4n) is 3.40. The molecule has 3 atom stereocenters. The first-order chi connectivity index (χ1) is 10.7. The summed E-state index contributed by atoms with van der Waals surface area (Å²) in [5, 5.41) is 19.3. The quantitative estimate of drug-likeness (QED) is 0.402. The Hall–Kier alpha value is -2.07. The summed E-state index contributed by atoms with van der Waals surface area (Å²) in [6.07, 6.45) is 0.862. The molecule has 3 aliphatic rings. The van der Waals surface area contributed by atoms with Gasteiger partial charge in [0.05, 0.1) is 6.04 Å². The van der Waals surface area contributed by atoms with Gasteiger partial charge in [0.25, 0.3) is 0 Å². The van der Waals surface area contributed by atoms with Gasteiger partial charge in [-0.25, -0.2) is 9.78 Å². The van der Waals surface area contributed by atoms with Crippen molar-refractivity contribution >= 4 is 23.8 Å². The Labute approximate surface area is 129 Å². The summed E-state index contributed by atoms with van der Waals surface area (Å²) in [5.74, 6) is 0.703. The lowest BCUT2D eigenvalue weighted by Crippen LogP contribution is -2.71. The number of carbonyl (C=O) groups is 2. The van der Waals surface area contributed by atoms with Crippen molar-refractivity contribution in [2.24, 2.45) is 5.92 Å². The summed E-state index contributed by atoms with van der Waals surface area (Å²) in [4.78, 5) is 28.6. The number of aromatic nitrogens is 3. The number of rotatable bonds is 4. The summed E-state index contributed by atoms with van der Waals surface area (Å²) in [6.45, 7) is 0.738. The van der Waals surface area contributed by atoms with Crippen LogP contribution >= 0.6 is 11.8 Å². The number of carbonyl (C=O) groups excluding carboxylic acids is 1. The van der Waals surface area contributed by atoms with Crippen LogP contribution in [0.25, 0.3) is 0 Å². The maximum atomic E-state index is 12.1.